The van der Waals surface area contributed by atoms with Gasteiger partial charge in [0.1, 0.15) is 17.4 Å². The largest absolute Gasteiger partial charge is 0.353 e. The van der Waals surface area contributed by atoms with E-state index in [0.29, 0.717) is 16.2 Å². The Labute approximate surface area is 118 Å². The summed E-state index contributed by atoms with van der Waals surface area (Å²) in [6.45, 7) is 1.85. The highest BCUT2D eigenvalue weighted by atomic mass is 35.5. The van der Waals surface area contributed by atoms with Gasteiger partial charge in [-0.25, -0.2) is 15.0 Å². The number of nitrogens with zero attached hydrogens (tertiary/aromatic N) is 5. The van der Waals surface area contributed by atoms with Crippen LogP contribution in [0, 0.1) is 0 Å². The SMILES string of the molecule is Clc1nc(N2CCSCC2)c2ncnc(Cl)c2n1. The van der Waals surface area contributed by atoms with Gasteiger partial charge in [0.25, 0.3) is 0 Å². The van der Waals surface area contributed by atoms with Gasteiger partial charge in [0.05, 0.1) is 0 Å². The zero-order valence-electron chi connectivity index (χ0n) is 9.31. The van der Waals surface area contributed by atoms with Crippen LogP contribution in [-0.4, -0.2) is 44.5 Å². The standard InChI is InChI=1S/C10H9Cl2N5S/c11-8-6-7(13-5-14-8)9(16-10(12)15-6)17-1-3-18-4-2-17/h5H,1-4H2. The number of hydrogen-bond acceptors (Lipinski definition) is 6. The van der Waals surface area contributed by atoms with Gasteiger partial charge in [0.15, 0.2) is 11.0 Å². The predicted molar refractivity (Wildman–Crippen MR) is 74.7 cm³/mol. The number of rotatable bonds is 1. The van der Waals surface area contributed by atoms with Crippen molar-refractivity contribution >= 4 is 51.8 Å². The maximum atomic E-state index is 6.02. The van der Waals surface area contributed by atoms with Crippen molar-refractivity contribution < 1.29 is 0 Å². The average molecular weight is 302 g/mol. The minimum atomic E-state index is 0.174. The lowest BCUT2D eigenvalue weighted by molar-refractivity contribution is 0.839. The highest BCUT2D eigenvalue weighted by molar-refractivity contribution is 7.99. The number of aromatic nitrogens is 4. The van der Waals surface area contributed by atoms with Crippen LogP contribution in [0.5, 0.6) is 0 Å². The van der Waals surface area contributed by atoms with Gasteiger partial charge in [-0.05, 0) is 11.6 Å². The Morgan fingerprint density at radius 3 is 2.61 bits per heavy atom. The Morgan fingerprint density at radius 1 is 1.06 bits per heavy atom. The van der Waals surface area contributed by atoms with Crippen molar-refractivity contribution in [3.05, 3.63) is 16.8 Å². The Balaban J connectivity index is 2.18. The van der Waals surface area contributed by atoms with Crippen molar-refractivity contribution in [1.29, 1.82) is 0 Å². The molecule has 3 heterocycles. The maximum absolute atomic E-state index is 6.02. The van der Waals surface area contributed by atoms with Gasteiger partial charge >= 0.3 is 0 Å². The van der Waals surface area contributed by atoms with Crippen molar-refractivity contribution in [2.24, 2.45) is 0 Å². The summed E-state index contributed by atoms with van der Waals surface area (Å²) in [4.78, 5) is 18.7. The molecule has 18 heavy (non-hydrogen) atoms. The molecule has 1 fully saturated rings. The molecular weight excluding hydrogens is 293 g/mol. The van der Waals surface area contributed by atoms with E-state index in [4.69, 9.17) is 23.2 Å². The second-order valence-corrected chi connectivity index (χ2v) is 5.70. The maximum Gasteiger partial charge on any atom is 0.225 e. The molecule has 0 radical (unpaired) electrons. The minimum Gasteiger partial charge on any atom is -0.353 e. The third-order valence-electron chi connectivity index (χ3n) is 2.70. The fraction of sp³-hybridized carbons (Fsp3) is 0.400. The first kappa shape index (κ1) is 12.2. The number of fused-ring (bicyclic) bond motifs is 1. The van der Waals surface area contributed by atoms with Crippen LogP contribution in [0.15, 0.2) is 6.33 Å². The molecule has 0 amide bonds. The van der Waals surface area contributed by atoms with Crippen LogP contribution in [0.25, 0.3) is 11.0 Å². The fourth-order valence-corrected chi connectivity index (χ4v) is 3.12. The zero-order chi connectivity index (χ0) is 12.5. The summed E-state index contributed by atoms with van der Waals surface area (Å²) in [5.74, 6) is 2.89. The lowest BCUT2D eigenvalue weighted by Crippen LogP contribution is -2.33. The molecule has 8 heteroatoms. The molecular formula is C10H9Cl2N5S. The summed E-state index contributed by atoms with van der Waals surface area (Å²) < 4.78 is 0. The quantitative estimate of drug-likeness (QED) is 0.595. The van der Waals surface area contributed by atoms with Crippen molar-refractivity contribution in [3.63, 3.8) is 0 Å². The van der Waals surface area contributed by atoms with E-state index in [1.807, 2.05) is 11.8 Å². The molecule has 1 saturated heterocycles. The molecule has 0 saturated carbocycles. The lowest BCUT2D eigenvalue weighted by Gasteiger charge is -2.27. The van der Waals surface area contributed by atoms with E-state index in [2.05, 4.69) is 24.8 Å². The van der Waals surface area contributed by atoms with Crippen LogP contribution >= 0.6 is 35.0 Å². The molecule has 0 aromatic carbocycles. The number of hydrogen-bond donors (Lipinski definition) is 0. The third kappa shape index (κ3) is 2.20. The molecule has 0 atom stereocenters. The van der Waals surface area contributed by atoms with Gasteiger partial charge in [-0.1, -0.05) is 11.6 Å². The van der Waals surface area contributed by atoms with Crippen LogP contribution in [-0.2, 0) is 0 Å². The van der Waals surface area contributed by atoms with Gasteiger partial charge in [-0.15, -0.1) is 0 Å². The molecule has 2 aromatic rings. The van der Waals surface area contributed by atoms with Crippen molar-refractivity contribution in [3.8, 4) is 0 Å². The molecule has 1 aliphatic rings. The Kier molecular flexibility index (Phi) is 3.41. The molecule has 0 bridgehead atoms. The van der Waals surface area contributed by atoms with Crippen molar-refractivity contribution in [2.45, 2.75) is 0 Å². The highest BCUT2D eigenvalue weighted by Crippen LogP contribution is 2.28. The Morgan fingerprint density at radius 2 is 1.83 bits per heavy atom. The van der Waals surface area contributed by atoms with Gasteiger partial charge in [-0.3, -0.25) is 0 Å². The number of anilines is 1. The van der Waals surface area contributed by atoms with E-state index in [1.165, 1.54) is 6.33 Å². The van der Waals surface area contributed by atoms with Crippen LogP contribution in [0.2, 0.25) is 10.4 Å². The smallest absolute Gasteiger partial charge is 0.225 e. The first-order chi connectivity index (χ1) is 8.75. The van der Waals surface area contributed by atoms with E-state index >= 15 is 0 Å². The van der Waals surface area contributed by atoms with Gasteiger partial charge in [-0.2, -0.15) is 16.7 Å². The van der Waals surface area contributed by atoms with E-state index < -0.39 is 0 Å². The number of thioether (sulfide) groups is 1. The minimum absolute atomic E-state index is 0.174. The van der Waals surface area contributed by atoms with Crippen LogP contribution < -0.4 is 4.90 Å². The van der Waals surface area contributed by atoms with E-state index in [1.54, 1.807) is 0 Å². The average Bonchev–Trinajstić information content (AvgIpc) is 2.40. The van der Waals surface area contributed by atoms with Crippen LogP contribution in [0.1, 0.15) is 0 Å². The normalized spacial score (nSPS) is 16.2. The fourth-order valence-electron chi connectivity index (χ4n) is 1.87. The summed E-state index contributed by atoms with van der Waals surface area (Å²) in [5.41, 5.74) is 1.17. The monoisotopic (exact) mass is 301 g/mol. The third-order valence-corrected chi connectivity index (χ3v) is 4.09. The van der Waals surface area contributed by atoms with E-state index in [9.17, 15) is 0 Å². The first-order valence-corrected chi connectivity index (χ1v) is 7.33. The van der Waals surface area contributed by atoms with Crippen molar-refractivity contribution in [2.75, 3.05) is 29.5 Å². The molecule has 0 spiro atoms. The lowest BCUT2D eigenvalue weighted by atomic mass is 10.3. The predicted octanol–water partition coefficient (Wildman–Crippen LogP) is 2.28. The zero-order valence-corrected chi connectivity index (χ0v) is 11.6. The molecule has 1 aliphatic heterocycles. The second kappa shape index (κ2) is 5.03. The summed E-state index contributed by atoms with van der Waals surface area (Å²) in [5, 5.41) is 0.476. The van der Waals surface area contributed by atoms with Gasteiger partial charge < -0.3 is 4.90 Å². The van der Waals surface area contributed by atoms with E-state index in [-0.39, 0.29) is 5.28 Å². The van der Waals surface area contributed by atoms with Crippen molar-refractivity contribution in [1.82, 2.24) is 19.9 Å². The Hall–Kier alpha value is -0.850. The molecule has 5 nitrogen and oxygen atoms in total. The molecule has 0 aliphatic carbocycles. The second-order valence-electron chi connectivity index (χ2n) is 3.78. The van der Waals surface area contributed by atoms with Crippen LogP contribution in [0.4, 0.5) is 5.82 Å². The molecule has 0 N–H and O–H groups in total. The molecule has 0 unspecified atom stereocenters. The summed E-state index contributed by atoms with van der Waals surface area (Å²) in [6.07, 6.45) is 1.42. The van der Waals surface area contributed by atoms with Crippen LogP contribution in [0.3, 0.4) is 0 Å². The van der Waals surface area contributed by atoms with E-state index in [0.717, 1.165) is 30.4 Å². The summed E-state index contributed by atoms with van der Waals surface area (Å²) in [6, 6.07) is 0. The number of halogens is 2. The topological polar surface area (TPSA) is 54.8 Å². The summed E-state index contributed by atoms with van der Waals surface area (Å²) >= 11 is 13.9. The molecule has 94 valence electrons. The molecule has 3 rings (SSSR count). The highest BCUT2D eigenvalue weighted by Gasteiger charge is 2.19. The van der Waals surface area contributed by atoms with Gasteiger partial charge in [0, 0.05) is 24.6 Å². The Bertz CT molecular complexity index is 588. The summed E-state index contributed by atoms with van der Waals surface area (Å²) in [7, 11) is 0. The van der Waals surface area contributed by atoms with Gasteiger partial charge in [0.2, 0.25) is 5.28 Å². The first-order valence-electron chi connectivity index (χ1n) is 5.42. The molecule has 2 aromatic heterocycles.